The molecule has 2 rings (SSSR count). The molecular weight excluding hydrogens is 280 g/mol. The normalized spacial score (nSPS) is 13.9. The second-order valence-corrected chi connectivity index (χ2v) is 5.66. The van der Waals surface area contributed by atoms with Crippen molar-refractivity contribution in [1.82, 2.24) is 4.72 Å². The Balaban J connectivity index is 1.82. The number of hydrogen-bond acceptors (Lipinski definition) is 1. The summed E-state index contributed by atoms with van der Waals surface area (Å²) in [5, 5.41) is 0. The fourth-order valence-corrected chi connectivity index (χ4v) is 2.63. The lowest BCUT2D eigenvalue weighted by molar-refractivity contribution is 0.333. The summed E-state index contributed by atoms with van der Waals surface area (Å²) in [5.74, 6) is -0.391. The second-order valence-electron chi connectivity index (χ2n) is 4.36. The van der Waals surface area contributed by atoms with Gasteiger partial charge in [0.25, 0.3) is 0 Å². The van der Waals surface area contributed by atoms with Crippen molar-refractivity contribution in [2.45, 2.75) is 17.5 Å². The molecule has 2 unspecified atom stereocenters. The fourth-order valence-electron chi connectivity index (χ4n) is 1.75. The lowest BCUT2D eigenvalue weighted by Gasteiger charge is -2.09. The number of benzene rings is 2. The SMILES string of the molecule is O=S(NCC(F)Cc1ccccc1)c1ccc(F)cc1. The average molecular weight is 295 g/mol. The average Bonchev–Trinajstić information content (AvgIpc) is 2.46. The number of rotatable bonds is 6. The zero-order valence-electron chi connectivity index (χ0n) is 10.8. The van der Waals surface area contributed by atoms with Crippen molar-refractivity contribution in [1.29, 1.82) is 0 Å². The molecule has 2 aromatic carbocycles. The molecule has 0 fully saturated rings. The standard InChI is InChI=1S/C15H15F2NOS/c16-13-6-8-15(9-7-13)20(19)18-11-14(17)10-12-4-2-1-3-5-12/h1-9,14,18H,10-11H2. The highest BCUT2D eigenvalue weighted by atomic mass is 32.2. The van der Waals surface area contributed by atoms with E-state index in [0.29, 0.717) is 4.90 Å². The van der Waals surface area contributed by atoms with Gasteiger partial charge in [-0.3, -0.25) is 0 Å². The van der Waals surface area contributed by atoms with E-state index in [-0.39, 0.29) is 13.0 Å². The molecular formula is C15H15F2NOS. The molecule has 0 aliphatic heterocycles. The van der Waals surface area contributed by atoms with Crippen LogP contribution in [0.25, 0.3) is 0 Å². The fraction of sp³-hybridized carbons (Fsp3) is 0.200. The van der Waals surface area contributed by atoms with E-state index < -0.39 is 23.0 Å². The van der Waals surface area contributed by atoms with E-state index in [1.54, 1.807) is 0 Å². The highest BCUT2D eigenvalue weighted by Gasteiger charge is 2.10. The van der Waals surface area contributed by atoms with Crippen molar-refractivity contribution >= 4 is 11.0 Å². The molecule has 0 heterocycles. The predicted octanol–water partition coefficient (Wildman–Crippen LogP) is 3.02. The van der Waals surface area contributed by atoms with Gasteiger partial charge in [-0.1, -0.05) is 30.3 Å². The van der Waals surface area contributed by atoms with E-state index in [9.17, 15) is 13.0 Å². The summed E-state index contributed by atoms with van der Waals surface area (Å²) in [7, 11) is -1.53. The molecule has 0 aliphatic rings. The van der Waals surface area contributed by atoms with Gasteiger partial charge >= 0.3 is 0 Å². The van der Waals surface area contributed by atoms with Crippen molar-refractivity contribution in [3.8, 4) is 0 Å². The monoisotopic (exact) mass is 295 g/mol. The van der Waals surface area contributed by atoms with Crippen LogP contribution in [0.4, 0.5) is 8.78 Å². The Hall–Kier alpha value is -1.59. The van der Waals surface area contributed by atoms with Gasteiger partial charge < -0.3 is 0 Å². The van der Waals surface area contributed by atoms with Crippen molar-refractivity contribution in [2.75, 3.05) is 6.54 Å². The molecule has 1 N–H and O–H groups in total. The molecule has 2 aromatic rings. The molecule has 2 atom stereocenters. The Labute approximate surface area is 119 Å². The number of halogens is 2. The Morgan fingerprint density at radius 2 is 1.70 bits per heavy atom. The van der Waals surface area contributed by atoms with Crippen LogP contribution in [-0.4, -0.2) is 16.9 Å². The van der Waals surface area contributed by atoms with Crippen molar-refractivity contribution in [3.05, 3.63) is 66.0 Å². The zero-order valence-corrected chi connectivity index (χ0v) is 11.6. The minimum atomic E-state index is -1.53. The molecule has 5 heteroatoms. The van der Waals surface area contributed by atoms with Crippen LogP contribution in [0.3, 0.4) is 0 Å². The largest absolute Gasteiger partial charge is 0.246 e. The summed E-state index contributed by atoms with van der Waals surface area (Å²) in [6.07, 6.45) is -0.851. The Morgan fingerprint density at radius 3 is 2.35 bits per heavy atom. The van der Waals surface area contributed by atoms with Gasteiger partial charge in [0.15, 0.2) is 0 Å². The molecule has 0 bridgehead atoms. The van der Waals surface area contributed by atoms with Gasteiger partial charge in [0.2, 0.25) is 0 Å². The maximum atomic E-state index is 13.8. The predicted molar refractivity (Wildman–Crippen MR) is 75.9 cm³/mol. The Bertz CT molecular complexity index is 560. The van der Waals surface area contributed by atoms with Gasteiger partial charge in [0, 0.05) is 13.0 Å². The quantitative estimate of drug-likeness (QED) is 0.872. The highest BCUT2D eigenvalue weighted by molar-refractivity contribution is 7.83. The summed E-state index contributed by atoms with van der Waals surface area (Å²) in [6, 6.07) is 14.6. The third kappa shape index (κ3) is 4.51. The van der Waals surface area contributed by atoms with Crippen LogP contribution in [0.15, 0.2) is 59.5 Å². The zero-order chi connectivity index (χ0) is 14.4. The van der Waals surface area contributed by atoms with E-state index in [2.05, 4.69) is 4.72 Å². The maximum absolute atomic E-state index is 13.8. The third-order valence-corrected chi connectivity index (χ3v) is 3.89. The number of nitrogens with one attached hydrogen (secondary N) is 1. The highest BCUT2D eigenvalue weighted by Crippen LogP contribution is 2.08. The number of hydrogen-bond donors (Lipinski definition) is 1. The summed E-state index contributed by atoms with van der Waals surface area (Å²) in [5.41, 5.74) is 0.898. The molecule has 2 nitrogen and oxygen atoms in total. The topological polar surface area (TPSA) is 29.1 Å². The molecule has 0 spiro atoms. The first-order valence-corrected chi connectivity index (χ1v) is 7.39. The lowest BCUT2D eigenvalue weighted by atomic mass is 10.1. The Kier molecular flexibility index (Phi) is 5.38. The van der Waals surface area contributed by atoms with Gasteiger partial charge in [0.1, 0.15) is 23.0 Å². The first kappa shape index (κ1) is 14.8. The van der Waals surface area contributed by atoms with E-state index >= 15 is 0 Å². The third-order valence-electron chi connectivity index (χ3n) is 2.76. The maximum Gasteiger partial charge on any atom is 0.124 e. The van der Waals surface area contributed by atoms with E-state index in [1.807, 2.05) is 30.3 Å². The molecule has 0 amide bonds. The van der Waals surface area contributed by atoms with Gasteiger partial charge in [0.05, 0.1) is 4.90 Å². The summed E-state index contributed by atoms with van der Waals surface area (Å²) in [6.45, 7) is -0.0150. The summed E-state index contributed by atoms with van der Waals surface area (Å²) >= 11 is 0. The molecule has 0 aromatic heterocycles. The van der Waals surface area contributed by atoms with Crippen LogP contribution in [0, 0.1) is 5.82 Å². The summed E-state index contributed by atoms with van der Waals surface area (Å²) < 4.78 is 40.9. The van der Waals surface area contributed by atoms with Crippen molar-refractivity contribution < 1.29 is 13.0 Å². The second kappa shape index (κ2) is 7.26. The summed E-state index contributed by atoms with van der Waals surface area (Å²) in [4.78, 5) is 0.429. The molecule has 0 radical (unpaired) electrons. The van der Waals surface area contributed by atoms with Gasteiger partial charge in [-0.05, 0) is 29.8 Å². The van der Waals surface area contributed by atoms with E-state index in [1.165, 1.54) is 24.3 Å². The molecule has 0 saturated carbocycles. The minimum absolute atomic E-state index is 0.0150. The smallest absolute Gasteiger partial charge is 0.124 e. The molecule has 20 heavy (non-hydrogen) atoms. The molecule has 106 valence electrons. The first-order valence-electron chi connectivity index (χ1n) is 6.24. The van der Waals surface area contributed by atoms with E-state index in [4.69, 9.17) is 0 Å². The minimum Gasteiger partial charge on any atom is -0.246 e. The first-order chi connectivity index (χ1) is 9.65. The van der Waals surface area contributed by atoms with Crippen molar-refractivity contribution in [2.24, 2.45) is 0 Å². The number of alkyl halides is 1. The van der Waals surface area contributed by atoms with Crippen LogP contribution in [0.2, 0.25) is 0 Å². The van der Waals surface area contributed by atoms with Crippen molar-refractivity contribution in [3.63, 3.8) is 0 Å². The van der Waals surface area contributed by atoms with Crippen LogP contribution in [0.1, 0.15) is 5.56 Å². The van der Waals surface area contributed by atoms with Crippen LogP contribution < -0.4 is 4.72 Å². The lowest BCUT2D eigenvalue weighted by Crippen LogP contribution is -2.27. The van der Waals surface area contributed by atoms with Gasteiger partial charge in [-0.15, -0.1) is 0 Å². The molecule has 0 aliphatic carbocycles. The van der Waals surface area contributed by atoms with Crippen LogP contribution in [-0.2, 0) is 17.4 Å². The van der Waals surface area contributed by atoms with Gasteiger partial charge in [-0.2, -0.15) is 0 Å². The van der Waals surface area contributed by atoms with E-state index in [0.717, 1.165) is 5.56 Å². The van der Waals surface area contributed by atoms with Crippen LogP contribution >= 0.6 is 0 Å². The Morgan fingerprint density at radius 1 is 1.05 bits per heavy atom. The molecule has 0 saturated heterocycles. The van der Waals surface area contributed by atoms with Gasteiger partial charge in [-0.25, -0.2) is 17.7 Å². The van der Waals surface area contributed by atoms with Crippen LogP contribution in [0.5, 0.6) is 0 Å².